The molecule has 1 aliphatic heterocycles. The SMILES string of the molecule is CCC(CN(c1ccc(F)cc1)S(=O)(=O)C1CC1)N1C(=O)[C@H](CC(=O)O)O[C@H](c2cccc(Cl)c2)[C@H]1c1ccc(Cl)cc1. The number of anilines is 1. The number of carboxylic acid groups (broad SMARTS) is 1. The van der Waals surface area contributed by atoms with Gasteiger partial charge < -0.3 is 14.7 Å². The number of sulfonamides is 1. The van der Waals surface area contributed by atoms with Gasteiger partial charge in [0.1, 0.15) is 18.0 Å². The van der Waals surface area contributed by atoms with Crippen LogP contribution in [0.15, 0.2) is 72.8 Å². The van der Waals surface area contributed by atoms with E-state index in [0.717, 1.165) is 0 Å². The number of amides is 1. The van der Waals surface area contributed by atoms with Crippen molar-refractivity contribution in [3.63, 3.8) is 0 Å². The van der Waals surface area contributed by atoms with Crippen molar-refractivity contribution in [3.8, 4) is 0 Å². The van der Waals surface area contributed by atoms with Crippen LogP contribution in [-0.4, -0.2) is 54.2 Å². The molecule has 1 N–H and O–H groups in total. The van der Waals surface area contributed by atoms with Crippen molar-refractivity contribution in [2.75, 3.05) is 10.8 Å². The van der Waals surface area contributed by atoms with Gasteiger partial charge in [0.25, 0.3) is 5.91 Å². The summed E-state index contributed by atoms with van der Waals surface area (Å²) in [5.74, 6) is -2.30. The highest BCUT2D eigenvalue weighted by Crippen LogP contribution is 2.45. The quantitative estimate of drug-likeness (QED) is 0.258. The Morgan fingerprint density at radius 3 is 2.30 bits per heavy atom. The number of nitrogens with zero attached hydrogens (tertiary/aromatic N) is 2. The smallest absolute Gasteiger partial charge is 0.306 e. The molecule has 5 rings (SSSR count). The predicted octanol–water partition coefficient (Wildman–Crippen LogP) is 6.39. The molecule has 8 nitrogen and oxygen atoms in total. The molecule has 1 amide bonds. The molecule has 1 aliphatic carbocycles. The van der Waals surface area contributed by atoms with E-state index in [2.05, 4.69) is 0 Å². The highest BCUT2D eigenvalue weighted by Gasteiger charge is 2.49. The van der Waals surface area contributed by atoms with E-state index in [1.165, 1.54) is 28.6 Å². The summed E-state index contributed by atoms with van der Waals surface area (Å²) in [6.07, 6.45) is -1.40. The molecule has 0 aromatic heterocycles. The Morgan fingerprint density at radius 2 is 1.72 bits per heavy atom. The maximum atomic E-state index is 14.2. The van der Waals surface area contributed by atoms with E-state index >= 15 is 0 Å². The third kappa shape index (κ3) is 6.82. The monoisotopic (exact) mass is 648 g/mol. The first-order chi connectivity index (χ1) is 20.5. The Balaban J connectivity index is 1.64. The summed E-state index contributed by atoms with van der Waals surface area (Å²) in [7, 11) is -3.83. The second kappa shape index (κ2) is 12.8. The molecule has 1 saturated carbocycles. The Morgan fingerprint density at radius 1 is 1.05 bits per heavy atom. The molecule has 0 bridgehead atoms. The number of rotatable bonds is 11. The maximum absolute atomic E-state index is 14.2. The first kappa shape index (κ1) is 31.3. The van der Waals surface area contributed by atoms with Crippen molar-refractivity contribution >= 4 is 50.8 Å². The molecule has 4 atom stereocenters. The third-order valence-electron chi connectivity index (χ3n) is 7.78. The number of hydrogen-bond acceptors (Lipinski definition) is 5. The van der Waals surface area contributed by atoms with E-state index in [4.69, 9.17) is 27.9 Å². The van der Waals surface area contributed by atoms with Crippen LogP contribution in [0.1, 0.15) is 55.9 Å². The van der Waals surface area contributed by atoms with E-state index < -0.39 is 63.7 Å². The lowest BCUT2D eigenvalue weighted by Crippen LogP contribution is -2.58. The Hall–Kier alpha value is -3.18. The molecule has 0 radical (unpaired) electrons. The molecular formula is C31H31Cl2FN2O6S. The minimum absolute atomic E-state index is 0.126. The summed E-state index contributed by atoms with van der Waals surface area (Å²) in [6.45, 7) is 1.71. The van der Waals surface area contributed by atoms with E-state index in [0.29, 0.717) is 40.4 Å². The molecule has 228 valence electrons. The predicted molar refractivity (Wildman–Crippen MR) is 162 cm³/mol. The number of ether oxygens (including phenoxy) is 1. The summed E-state index contributed by atoms with van der Waals surface area (Å²) in [6, 6.07) is 17.5. The normalized spacial score (nSPS) is 21.4. The van der Waals surface area contributed by atoms with Gasteiger partial charge in [0, 0.05) is 10.0 Å². The summed E-state index contributed by atoms with van der Waals surface area (Å²) in [5, 5.41) is 10.0. The number of carbonyl (C=O) groups is 2. The zero-order chi connectivity index (χ0) is 30.9. The van der Waals surface area contributed by atoms with Crippen LogP contribution in [0.2, 0.25) is 10.0 Å². The summed E-state index contributed by atoms with van der Waals surface area (Å²) in [5.41, 5.74) is 1.56. The van der Waals surface area contributed by atoms with Gasteiger partial charge >= 0.3 is 5.97 Å². The fourth-order valence-electron chi connectivity index (χ4n) is 5.51. The molecule has 1 unspecified atom stereocenters. The molecule has 0 spiro atoms. The van der Waals surface area contributed by atoms with Gasteiger partial charge in [-0.2, -0.15) is 0 Å². The number of hydrogen-bond donors (Lipinski definition) is 1. The molecular weight excluding hydrogens is 618 g/mol. The second-order valence-corrected chi connectivity index (χ2v) is 13.8. The topological polar surface area (TPSA) is 104 Å². The van der Waals surface area contributed by atoms with Gasteiger partial charge in [-0.25, -0.2) is 12.8 Å². The molecule has 43 heavy (non-hydrogen) atoms. The minimum atomic E-state index is -3.83. The van der Waals surface area contributed by atoms with Crippen molar-refractivity contribution in [3.05, 3.63) is 99.8 Å². The molecule has 2 fully saturated rings. The molecule has 3 aromatic rings. The lowest BCUT2D eigenvalue weighted by molar-refractivity contribution is -0.183. The maximum Gasteiger partial charge on any atom is 0.306 e. The first-order valence-electron chi connectivity index (χ1n) is 14.0. The van der Waals surface area contributed by atoms with Crippen LogP contribution >= 0.6 is 23.2 Å². The number of carbonyl (C=O) groups excluding carboxylic acids is 1. The average molecular weight is 650 g/mol. The molecule has 1 saturated heterocycles. The minimum Gasteiger partial charge on any atom is -0.481 e. The van der Waals surface area contributed by atoms with Crippen LogP contribution < -0.4 is 4.31 Å². The van der Waals surface area contributed by atoms with E-state index in [1.54, 1.807) is 53.4 Å². The number of aliphatic carboxylic acids is 1. The number of carboxylic acids is 1. The second-order valence-electron chi connectivity index (χ2n) is 10.8. The van der Waals surface area contributed by atoms with Crippen molar-refractivity contribution in [1.29, 1.82) is 0 Å². The summed E-state index contributed by atoms with van der Waals surface area (Å²) in [4.78, 5) is 27.6. The standard InChI is InChI=1S/C31H31Cl2FN2O6S/c1-2-24(18-35(43(40,41)26-14-15-26)25-12-10-23(34)11-13-25)36-29(19-6-8-21(32)9-7-19)30(20-4-3-5-22(33)16-20)42-27(31(36)39)17-28(37)38/h3-13,16,24,26-27,29-30H,2,14-15,17-18H2,1H3,(H,37,38)/t24?,27-,29+,30+/m0/s1. The van der Waals surface area contributed by atoms with Gasteiger partial charge in [-0.3, -0.25) is 13.9 Å². The molecule has 2 aliphatic rings. The Bertz CT molecular complexity index is 1580. The first-order valence-corrected chi connectivity index (χ1v) is 16.2. The Labute approximate surface area is 260 Å². The van der Waals surface area contributed by atoms with Crippen molar-refractivity contribution < 1.29 is 32.2 Å². The van der Waals surface area contributed by atoms with E-state index in [-0.39, 0.29) is 12.2 Å². The third-order valence-corrected chi connectivity index (χ3v) is 10.6. The van der Waals surface area contributed by atoms with Crippen LogP contribution in [-0.2, 0) is 24.3 Å². The van der Waals surface area contributed by atoms with Crippen molar-refractivity contribution in [2.24, 2.45) is 0 Å². The number of halogens is 3. The van der Waals surface area contributed by atoms with E-state index in [9.17, 15) is 27.5 Å². The average Bonchev–Trinajstić information content (AvgIpc) is 3.82. The summed E-state index contributed by atoms with van der Waals surface area (Å²) >= 11 is 12.5. The molecule has 1 heterocycles. The lowest BCUT2D eigenvalue weighted by atomic mass is 9.89. The largest absolute Gasteiger partial charge is 0.481 e. The zero-order valence-electron chi connectivity index (χ0n) is 23.3. The van der Waals surface area contributed by atoms with Gasteiger partial charge in [0.2, 0.25) is 10.0 Å². The number of benzene rings is 3. The van der Waals surface area contributed by atoms with Crippen LogP contribution in [0.25, 0.3) is 0 Å². The highest BCUT2D eigenvalue weighted by atomic mass is 35.5. The zero-order valence-corrected chi connectivity index (χ0v) is 25.6. The molecule has 12 heteroatoms. The van der Waals surface area contributed by atoms with Crippen LogP contribution in [0.4, 0.5) is 10.1 Å². The highest BCUT2D eigenvalue weighted by molar-refractivity contribution is 7.93. The van der Waals surface area contributed by atoms with Crippen molar-refractivity contribution in [2.45, 2.75) is 62.1 Å². The van der Waals surface area contributed by atoms with Crippen LogP contribution in [0, 0.1) is 5.82 Å². The van der Waals surface area contributed by atoms with Gasteiger partial charge in [-0.1, -0.05) is 54.4 Å². The van der Waals surface area contributed by atoms with Gasteiger partial charge in [0.15, 0.2) is 0 Å². The van der Waals surface area contributed by atoms with Crippen LogP contribution in [0.5, 0.6) is 0 Å². The lowest BCUT2D eigenvalue weighted by Gasteiger charge is -2.48. The van der Waals surface area contributed by atoms with Crippen LogP contribution in [0.3, 0.4) is 0 Å². The van der Waals surface area contributed by atoms with Gasteiger partial charge in [-0.15, -0.1) is 0 Å². The van der Waals surface area contributed by atoms with Gasteiger partial charge in [0.05, 0.1) is 36.0 Å². The van der Waals surface area contributed by atoms with Gasteiger partial charge in [-0.05, 0) is 78.9 Å². The summed E-state index contributed by atoms with van der Waals surface area (Å²) < 4.78 is 48.8. The fourth-order valence-corrected chi connectivity index (χ4v) is 7.73. The Kier molecular flexibility index (Phi) is 9.31. The fraction of sp³-hybridized carbons (Fsp3) is 0.355. The van der Waals surface area contributed by atoms with E-state index in [1.807, 2.05) is 6.92 Å². The molecule has 3 aromatic carbocycles. The van der Waals surface area contributed by atoms with Crippen molar-refractivity contribution in [1.82, 2.24) is 4.90 Å². The number of morpholine rings is 1.